The largest absolute Gasteiger partial charge is 0.484 e. The first kappa shape index (κ1) is 14.8. The standard InChI is InChI=1S/C13H14FN3O4/c14-8-1-5-10(6-2-8)21-7-11(18)16-17-13(20)12(19)15-9-3-4-9/h1-2,5-6,9H,3-4,7H2,(H,15,19)(H,16,18)(H,17,20). The summed E-state index contributed by atoms with van der Waals surface area (Å²) in [6.07, 6.45) is 1.72. The molecule has 2 rings (SSSR count). The molecule has 21 heavy (non-hydrogen) atoms. The quantitative estimate of drug-likeness (QED) is 0.521. The molecule has 8 heteroatoms. The Kier molecular flexibility index (Phi) is 4.70. The minimum Gasteiger partial charge on any atom is -0.484 e. The second-order valence-corrected chi connectivity index (χ2v) is 4.49. The highest BCUT2D eigenvalue weighted by atomic mass is 19.1. The van der Waals surface area contributed by atoms with Crippen LogP contribution in [-0.2, 0) is 14.4 Å². The molecular weight excluding hydrogens is 281 g/mol. The summed E-state index contributed by atoms with van der Waals surface area (Å²) in [5.74, 6) is -2.49. The van der Waals surface area contributed by atoms with Crippen molar-refractivity contribution in [2.45, 2.75) is 18.9 Å². The van der Waals surface area contributed by atoms with E-state index in [1.54, 1.807) is 0 Å². The maximum absolute atomic E-state index is 12.6. The van der Waals surface area contributed by atoms with Crippen LogP contribution in [0.25, 0.3) is 0 Å². The van der Waals surface area contributed by atoms with Crippen LogP contribution in [-0.4, -0.2) is 30.4 Å². The number of carbonyl (C=O) groups is 3. The zero-order valence-corrected chi connectivity index (χ0v) is 11.0. The molecule has 3 amide bonds. The van der Waals surface area contributed by atoms with Gasteiger partial charge >= 0.3 is 11.8 Å². The summed E-state index contributed by atoms with van der Waals surface area (Å²) < 4.78 is 17.7. The molecular formula is C13H14FN3O4. The molecule has 0 aromatic heterocycles. The number of carbonyl (C=O) groups excluding carboxylic acids is 3. The Labute approximate surface area is 119 Å². The van der Waals surface area contributed by atoms with E-state index in [-0.39, 0.29) is 12.6 Å². The van der Waals surface area contributed by atoms with Crippen molar-refractivity contribution in [1.29, 1.82) is 0 Å². The third-order valence-electron chi connectivity index (χ3n) is 2.62. The molecule has 0 bridgehead atoms. The number of ether oxygens (including phenoxy) is 1. The molecule has 1 aromatic rings. The number of benzene rings is 1. The van der Waals surface area contributed by atoms with E-state index in [4.69, 9.17) is 4.74 Å². The Morgan fingerprint density at radius 2 is 1.76 bits per heavy atom. The SMILES string of the molecule is O=C(COc1ccc(F)cc1)NNC(=O)C(=O)NC1CC1. The van der Waals surface area contributed by atoms with Crippen molar-refractivity contribution in [3.05, 3.63) is 30.1 Å². The number of rotatable bonds is 4. The van der Waals surface area contributed by atoms with Gasteiger partial charge in [0.1, 0.15) is 11.6 Å². The third-order valence-corrected chi connectivity index (χ3v) is 2.62. The molecule has 3 N–H and O–H groups in total. The van der Waals surface area contributed by atoms with Gasteiger partial charge in [0.05, 0.1) is 0 Å². The normalized spacial score (nSPS) is 13.2. The fourth-order valence-electron chi connectivity index (χ4n) is 1.38. The lowest BCUT2D eigenvalue weighted by Gasteiger charge is -2.08. The van der Waals surface area contributed by atoms with Crippen LogP contribution >= 0.6 is 0 Å². The molecule has 1 aliphatic rings. The summed E-state index contributed by atoms with van der Waals surface area (Å²) in [5.41, 5.74) is 4.01. The lowest BCUT2D eigenvalue weighted by Crippen LogP contribution is -2.50. The first-order valence-corrected chi connectivity index (χ1v) is 6.32. The minimum atomic E-state index is -0.947. The maximum atomic E-state index is 12.6. The fourth-order valence-corrected chi connectivity index (χ4v) is 1.38. The van der Waals surface area contributed by atoms with Crippen LogP contribution in [0, 0.1) is 5.82 Å². The molecule has 1 aromatic carbocycles. The monoisotopic (exact) mass is 295 g/mol. The van der Waals surface area contributed by atoms with Crippen molar-refractivity contribution in [3.8, 4) is 5.75 Å². The Morgan fingerprint density at radius 3 is 2.38 bits per heavy atom. The second-order valence-electron chi connectivity index (χ2n) is 4.49. The van der Waals surface area contributed by atoms with E-state index in [2.05, 4.69) is 5.32 Å². The number of hydrogen-bond donors (Lipinski definition) is 3. The number of nitrogens with one attached hydrogen (secondary N) is 3. The molecule has 112 valence electrons. The smallest absolute Gasteiger partial charge is 0.327 e. The first-order valence-electron chi connectivity index (χ1n) is 6.32. The van der Waals surface area contributed by atoms with Crippen LogP contribution in [0.4, 0.5) is 4.39 Å². The molecule has 0 spiro atoms. The summed E-state index contributed by atoms with van der Waals surface area (Å²) in [6, 6.07) is 5.17. The third kappa shape index (κ3) is 5.09. The molecule has 1 fully saturated rings. The number of hydrazine groups is 1. The van der Waals surface area contributed by atoms with Gasteiger partial charge in [0.15, 0.2) is 6.61 Å². The van der Waals surface area contributed by atoms with Gasteiger partial charge in [-0.25, -0.2) is 4.39 Å². The topological polar surface area (TPSA) is 96.5 Å². The van der Waals surface area contributed by atoms with Crippen molar-refractivity contribution in [2.75, 3.05) is 6.61 Å². The predicted molar refractivity (Wildman–Crippen MR) is 69.3 cm³/mol. The second kappa shape index (κ2) is 6.69. The summed E-state index contributed by atoms with van der Waals surface area (Å²) in [5, 5.41) is 2.47. The van der Waals surface area contributed by atoms with Crippen molar-refractivity contribution in [3.63, 3.8) is 0 Å². The van der Waals surface area contributed by atoms with E-state index in [1.807, 2.05) is 10.9 Å². The highest BCUT2D eigenvalue weighted by Gasteiger charge is 2.26. The highest BCUT2D eigenvalue weighted by molar-refractivity contribution is 6.35. The highest BCUT2D eigenvalue weighted by Crippen LogP contribution is 2.18. The van der Waals surface area contributed by atoms with Gasteiger partial charge in [0.2, 0.25) is 0 Å². The average molecular weight is 295 g/mol. The van der Waals surface area contributed by atoms with Gasteiger partial charge < -0.3 is 10.1 Å². The van der Waals surface area contributed by atoms with Crippen molar-refractivity contribution in [1.82, 2.24) is 16.2 Å². The molecule has 0 atom stereocenters. The summed E-state index contributed by atoms with van der Waals surface area (Å²) in [7, 11) is 0. The van der Waals surface area contributed by atoms with E-state index in [0.717, 1.165) is 12.8 Å². The zero-order chi connectivity index (χ0) is 15.2. The van der Waals surface area contributed by atoms with Gasteiger partial charge in [0, 0.05) is 6.04 Å². The summed E-state index contributed by atoms with van der Waals surface area (Å²) in [6.45, 7) is -0.379. The Bertz CT molecular complexity index is 543. The Hall–Kier alpha value is -2.64. The molecule has 1 aliphatic carbocycles. The fraction of sp³-hybridized carbons (Fsp3) is 0.308. The number of amides is 3. The molecule has 0 unspecified atom stereocenters. The Balaban J connectivity index is 1.65. The van der Waals surface area contributed by atoms with Crippen LogP contribution in [0.5, 0.6) is 5.75 Å². The minimum absolute atomic E-state index is 0.0563. The number of hydrogen-bond acceptors (Lipinski definition) is 4. The van der Waals surface area contributed by atoms with Gasteiger partial charge in [0.25, 0.3) is 5.91 Å². The van der Waals surface area contributed by atoms with E-state index < -0.39 is 23.5 Å². The van der Waals surface area contributed by atoms with Crippen LogP contribution in [0.1, 0.15) is 12.8 Å². The van der Waals surface area contributed by atoms with E-state index in [0.29, 0.717) is 5.75 Å². The molecule has 1 saturated carbocycles. The van der Waals surface area contributed by atoms with Gasteiger partial charge in [-0.05, 0) is 37.1 Å². The molecule has 7 nitrogen and oxygen atoms in total. The van der Waals surface area contributed by atoms with E-state index in [1.165, 1.54) is 24.3 Å². The predicted octanol–water partition coefficient (Wildman–Crippen LogP) is -0.369. The summed E-state index contributed by atoms with van der Waals surface area (Å²) in [4.78, 5) is 34.0. The molecule has 0 aliphatic heterocycles. The van der Waals surface area contributed by atoms with Gasteiger partial charge in [-0.3, -0.25) is 25.2 Å². The zero-order valence-electron chi connectivity index (χ0n) is 11.0. The van der Waals surface area contributed by atoms with Crippen molar-refractivity contribution >= 4 is 17.7 Å². The van der Waals surface area contributed by atoms with E-state index >= 15 is 0 Å². The van der Waals surface area contributed by atoms with Gasteiger partial charge in [-0.15, -0.1) is 0 Å². The molecule has 0 saturated heterocycles. The van der Waals surface area contributed by atoms with Crippen LogP contribution in [0.15, 0.2) is 24.3 Å². The van der Waals surface area contributed by atoms with Gasteiger partial charge in [-0.2, -0.15) is 0 Å². The first-order chi connectivity index (χ1) is 10.0. The Morgan fingerprint density at radius 1 is 1.10 bits per heavy atom. The number of halogens is 1. The maximum Gasteiger partial charge on any atom is 0.327 e. The lowest BCUT2D eigenvalue weighted by molar-refractivity contribution is -0.141. The van der Waals surface area contributed by atoms with Crippen LogP contribution in [0.3, 0.4) is 0 Å². The van der Waals surface area contributed by atoms with Crippen molar-refractivity contribution < 1.29 is 23.5 Å². The van der Waals surface area contributed by atoms with Crippen molar-refractivity contribution in [2.24, 2.45) is 0 Å². The molecule has 0 heterocycles. The molecule has 0 radical (unpaired) electrons. The van der Waals surface area contributed by atoms with Crippen LogP contribution < -0.4 is 20.9 Å². The average Bonchev–Trinajstić information content (AvgIpc) is 3.28. The summed E-state index contributed by atoms with van der Waals surface area (Å²) >= 11 is 0. The lowest BCUT2D eigenvalue weighted by atomic mass is 10.3. The van der Waals surface area contributed by atoms with E-state index in [9.17, 15) is 18.8 Å². The van der Waals surface area contributed by atoms with Gasteiger partial charge in [-0.1, -0.05) is 0 Å². The van der Waals surface area contributed by atoms with Crippen LogP contribution in [0.2, 0.25) is 0 Å².